The average molecular weight is 219 g/mol. The third-order valence-electron chi connectivity index (χ3n) is 2.50. The average Bonchev–Trinajstić information content (AvgIpc) is 2.41. The van der Waals surface area contributed by atoms with Gasteiger partial charge in [-0.15, -0.1) is 0 Å². The summed E-state index contributed by atoms with van der Waals surface area (Å²) < 4.78 is 39.2. The van der Waals surface area contributed by atoms with Gasteiger partial charge in [0.2, 0.25) is 0 Å². The first-order valence-electron chi connectivity index (χ1n) is 4.77. The molecule has 0 radical (unpaired) electrons. The van der Waals surface area contributed by atoms with Crippen molar-refractivity contribution in [2.75, 3.05) is 5.32 Å². The second-order valence-electron chi connectivity index (χ2n) is 3.95. The number of hydrogen-bond acceptors (Lipinski definition) is 2. The number of fused-ring (bicyclic) bond motifs is 1. The smallest absolute Gasteiger partial charge is 0.368 e. The minimum atomic E-state index is -4.23. The van der Waals surface area contributed by atoms with E-state index in [0.29, 0.717) is 11.5 Å². The maximum absolute atomic E-state index is 12.7. The van der Waals surface area contributed by atoms with E-state index in [1.54, 1.807) is 19.9 Å². The molecule has 0 spiro atoms. The van der Waals surface area contributed by atoms with Gasteiger partial charge in [0.15, 0.2) is 6.04 Å². The topological polar surface area (TPSA) is 29.9 Å². The first kappa shape index (κ1) is 10.3. The molecule has 1 aliphatic heterocycles. The molecule has 2 rings (SSSR count). The first-order valence-corrected chi connectivity index (χ1v) is 4.77. The molecule has 6 heteroatoms. The van der Waals surface area contributed by atoms with Crippen molar-refractivity contribution in [1.29, 1.82) is 0 Å². The van der Waals surface area contributed by atoms with Crippen LogP contribution in [0.4, 0.5) is 19.0 Å². The molecule has 0 bridgehead atoms. The number of nitrogens with zero attached hydrogens (tertiary/aromatic N) is 2. The summed E-state index contributed by atoms with van der Waals surface area (Å²) in [5.41, 5.74) is 0.598. The number of aryl methyl sites for hydroxylation is 1. The van der Waals surface area contributed by atoms with Crippen molar-refractivity contribution in [2.45, 2.75) is 38.5 Å². The second-order valence-corrected chi connectivity index (χ2v) is 3.95. The maximum Gasteiger partial charge on any atom is 0.410 e. The molecular formula is C9H12F3N3. The van der Waals surface area contributed by atoms with E-state index in [1.807, 2.05) is 0 Å². The summed E-state index contributed by atoms with van der Waals surface area (Å²) in [6.07, 6.45) is -4.21. The van der Waals surface area contributed by atoms with Gasteiger partial charge >= 0.3 is 6.18 Å². The van der Waals surface area contributed by atoms with Crippen LogP contribution in [0.3, 0.4) is 0 Å². The fraction of sp³-hybridized carbons (Fsp3) is 0.667. The summed E-state index contributed by atoms with van der Waals surface area (Å²) in [5.74, 6) is 0.452. The highest BCUT2D eigenvalue weighted by Gasteiger charge is 2.45. The molecule has 1 aromatic rings. The number of nitrogens with one attached hydrogen (secondary N) is 1. The third-order valence-corrected chi connectivity index (χ3v) is 2.50. The number of alkyl halides is 3. The van der Waals surface area contributed by atoms with E-state index >= 15 is 0 Å². The van der Waals surface area contributed by atoms with Crippen LogP contribution in [0.25, 0.3) is 0 Å². The normalized spacial score (nSPS) is 25.9. The Bertz CT molecular complexity index is 369. The molecule has 2 heterocycles. The van der Waals surface area contributed by atoms with Crippen LogP contribution in [-0.2, 0) is 0 Å². The molecule has 0 aliphatic carbocycles. The fourth-order valence-electron chi connectivity index (χ4n) is 1.88. The summed E-state index contributed by atoms with van der Waals surface area (Å²) in [6.45, 7) is 3.43. The van der Waals surface area contributed by atoms with E-state index in [0.717, 1.165) is 4.68 Å². The van der Waals surface area contributed by atoms with Gasteiger partial charge in [-0.2, -0.15) is 18.3 Å². The Labute approximate surface area is 85.3 Å². The van der Waals surface area contributed by atoms with Gasteiger partial charge < -0.3 is 5.32 Å². The summed E-state index contributed by atoms with van der Waals surface area (Å²) >= 11 is 0. The molecule has 3 nitrogen and oxygen atoms in total. The molecule has 0 amide bonds. The Morgan fingerprint density at radius 2 is 2.20 bits per heavy atom. The van der Waals surface area contributed by atoms with Gasteiger partial charge in [-0.25, -0.2) is 4.68 Å². The highest BCUT2D eigenvalue weighted by Crippen LogP contribution is 2.39. The molecule has 1 aliphatic rings. The highest BCUT2D eigenvalue weighted by atomic mass is 19.4. The predicted molar refractivity (Wildman–Crippen MR) is 49.8 cm³/mol. The largest absolute Gasteiger partial charge is 0.410 e. The molecular weight excluding hydrogens is 207 g/mol. The Morgan fingerprint density at radius 3 is 2.80 bits per heavy atom. The molecule has 0 aromatic carbocycles. The number of rotatable bonds is 0. The van der Waals surface area contributed by atoms with E-state index in [9.17, 15) is 13.2 Å². The zero-order valence-corrected chi connectivity index (χ0v) is 8.47. The SMILES string of the molecule is Cc1cc2n(n1)[C@H](C(F)(F)F)C[C@H](C)N2. The van der Waals surface area contributed by atoms with Crippen molar-refractivity contribution in [1.82, 2.24) is 9.78 Å². The minimum absolute atomic E-state index is 0.0254. The van der Waals surface area contributed by atoms with Crippen molar-refractivity contribution in [3.8, 4) is 0 Å². The van der Waals surface area contributed by atoms with Gasteiger partial charge in [0.1, 0.15) is 5.82 Å². The zero-order chi connectivity index (χ0) is 11.2. The van der Waals surface area contributed by atoms with Gasteiger partial charge in [0.25, 0.3) is 0 Å². The van der Waals surface area contributed by atoms with Gasteiger partial charge in [-0.3, -0.25) is 0 Å². The summed E-state index contributed by atoms with van der Waals surface area (Å²) in [6, 6.07) is -0.0494. The maximum atomic E-state index is 12.7. The first-order chi connectivity index (χ1) is 6.88. The number of halogens is 3. The quantitative estimate of drug-likeness (QED) is 0.726. The van der Waals surface area contributed by atoms with Crippen molar-refractivity contribution >= 4 is 5.82 Å². The van der Waals surface area contributed by atoms with Crippen LogP contribution in [0, 0.1) is 6.92 Å². The molecule has 15 heavy (non-hydrogen) atoms. The van der Waals surface area contributed by atoms with Gasteiger partial charge in [-0.05, 0) is 20.3 Å². The Morgan fingerprint density at radius 1 is 1.53 bits per heavy atom. The monoisotopic (exact) mass is 219 g/mol. The van der Waals surface area contributed by atoms with Gasteiger partial charge in [0.05, 0.1) is 5.69 Å². The van der Waals surface area contributed by atoms with E-state index in [1.165, 1.54) is 0 Å². The lowest BCUT2D eigenvalue weighted by Crippen LogP contribution is -2.37. The van der Waals surface area contributed by atoms with E-state index in [2.05, 4.69) is 10.4 Å². The lowest BCUT2D eigenvalue weighted by atomic mass is 10.1. The van der Waals surface area contributed by atoms with Crippen LogP contribution in [-0.4, -0.2) is 22.0 Å². The van der Waals surface area contributed by atoms with Crippen molar-refractivity contribution in [2.24, 2.45) is 0 Å². The number of anilines is 1. The van der Waals surface area contributed by atoms with Crippen LogP contribution in [0.5, 0.6) is 0 Å². The van der Waals surface area contributed by atoms with Crippen LogP contribution in [0.15, 0.2) is 6.07 Å². The van der Waals surface area contributed by atoms with E-state index in [-0.39, 0.29) is 12.5 Å². The lowest BCUT2D eigenvalue weighted by molar-refractivity contribution is -0.173. The zero-order valence-electron chi connectivity index (χ0n) is 8.47. The molecule has 0 fully saturated rings. The Balaban J connectivity index is 2.42. The van der Waals surface area contributed by atoms with E-state index in [4.69, 9.17) is 0 Å². The van der Waals surface area contributed by atoms with Crippen molar-refractivity contribution in [3.05, 3.63) is 11.8 Å². The Hall–Kier alpha value is -1.20. The lowest BCUT2D eigenvalue weighted by Gasteiger charge is -2.31. The summed E-state index contributed by atoms with van der Waals surface area (Å²) in [4.78, 5) is 0. The van der Waals surface area contributed by atoms with Crippen LogP contribution >= 0.6 is 0 Å². The molecule has 0 unspecified atom stereocenters. The van der Waals surface area contributed by atoms with Crippen molar-refractivity contribution < 1.29 is 13.2 Å². The summed E-state index contributed by atoms with van der Waals surface area (Å²) in [5, 5.41) is 6.85. The second kappa shape index (κ2) is 3.15. The number of hydrogen-bond donors (Lipinski definition) is 1. The Kier molecular flexibility index (Phi) is 2.17. The standard InChI is InChI=1S/C9H12F3N3/c1-5-3-7(9(10,11)12)15-8(13-5)4-6(2)14-15/h4-5,7,13H,3H2,1-2H3/t5-,7-/m0/s1. The molecule has 0 saturated heterocycles. The fourth-order valence-corrected chi connectivity index (χ4v) is 1.88. The highest BCUT2D eigenvalue weighted by molar-refractivity contribution is 5.40. The van der Waals surface area contributed by atoms with Crippen molar-refractivity contribution in [3.63, 3.8) is 0 Å². The predicted octanol–water partition coefficient (Wildman–Crippen LogP) is 2.50. The van der Waals surface area contributed by atoms with Gasteiger partial charge in [0, 0.05) is 12.1 Å². The summed E-state index contributed by atoms with van der Waals surface area (Å²) in [7, 11) is 0. The molecule has 2 atom stereocenters. The molecule has 0 saturated carbocycles. The molecule has 84 valence electrons. The minimum Gasteiger partial charge on any atom is -0.368 e. The van der Waals surface area contributed by atoms with Gasteiger partial charge in [-0.1, -0.05) is 0 Å². The third kappa shape index (κ3) is 1.80. The van der Waals surface area contributed by atoms with Crippen LogP contribution in [0.2, 0.25) is 0 Å². The van der Waals surface area contributed by atoms with Crippen LogP contribution in [0.1, 0.15) is 25.1 Å². The molecule has 1 aromatic heterocycles. The van der Waals surface area contributed by atoms with E-state index < -0.39 is 12.2 Å². The molecule has 1 N–H and O–H groups in total. The number of aromatic nitrogens is 2. The van der Waals surface area contributed by atoms with Crippen LogP contribution < -0.4 is 5.32 Å².